The van der Waals surface area contributed by atoms with Gasteiger partial charge in [-0.2, -0.15) is 4.98 Å². The first-order chi connectivity index (χ1) is 14.1. The first-order valence-corrected chi connectivity index (χ1v) is 10.1. The van der Waals surface area contributed by atoms with Crippen LogP contribution in [-0.2, 0) is 0 Å². The molecule has 1 amide bonds. The molecule has 1 aliphatic rings. The first kappa shape index (κ1) is 19.5. The van der Waals surface area contributed by atoms with E-state index in [1.165, 1.54) is 0 Å². The van der Waals surface area contributed by atoms with Crippen LogP contribution in [-0.4, -0.2) is 40.6 Å². The Hall–Kier alpha value is -2.86. The van der Waals surface area contributed by atoms with Crippen molar-refractivity contribution < 1.29 is 14.1 Å². The molecule has 6 nitrogen and oxygen atoms in total. The fourth-order valence-electron chi connectivity index (χ4n) is 3.52. The van der Waals surface area contributed by atoms with E-state index >= 15 is 0 Å². The Bertz CT molecular complexity index is 970. The maximum atomic E-state index is 12.9. The SMILES string of the molecule is CCOc1ccc(C(=O)N2CCC[C@H](c3nc(-c4ccc(Cl)cc4)no3)C2)cc1. The zero-order valence-corrected chi connectivity index (χ0v) is 16.9. The van der Waals surface area contributed by atoms with Crippen molar-refractivity contribution in [1.29, 1.82) is 0 Å². The van der Waals surface area contributed by atoms with Gasteiger partial charge in [-0.25, -0.2) is 0 Å². The third-order valence-corrected chi connectivity index (χ3v) is 5.27. The molecule has 0 spiro atoms. The molecule has 7 heteroatoms. The van der Waals surface area contributed by atoms with E-state index in [-0.39, 0.29) is 11.8 Å². The largest absolute Gasteiger partial charge is 0.494 e. The minimum atomic E-state index is 0.00943. The Morgan fingerprint density at radius 2 is 1.97 bits per heavy atom. The minimum Gasteiger partial charge on any atom is -0.494 e. The van der Waals surface area contributed by atoms with Crippen LogP contribution >= 0.6 is 11.6 Å². The third kappa shape index (κ3) is 4.43. The Morgan fingerprint density at radius 1 is 1.21 bits per heavy atom. The van der Waals surface area contributed by atoms with Gasteiger partial charge in [0.05, 0.1) is 12.5 Å². The van der Waals surface area contributed by atoms with Crippen molar-refractivity contribution >= 4 is 17.5 Å². The summed E-state index contributed by atoms with van der Waals surface area (Å²) in [5.41, 5.74) is 1.50. The number of aromatic nitrogens is 2. The molecule has 29 heavy (non-hydrogen) atoms. The van der Waals surface area contributed by atoms with Crippen molar-refractivity contribution in [3.8, 4) is 17.1 Å². The van der Waals surface area contributed by atoms with Crippen molar-refractivity contribution in [2.75, 3.05) is 19.7 Å². The second-order valence-corrected chi connectivity index (χ2v) is 7.45. The number of nitrogens with zero attached hydrogens (tertiary/aromatic N) is 3. The van der Waals surface area contributed by atoms with E-state index in [0.29, 0.717) is 35.5 Å². The molecule has 3 aromatic rings. The number of benzene rings is 2. The molecule has 2 heterocycles. The lowest BCUT2D eigenvalue weighted by Crippen LogP contribution is -2.39. The number of carbonyl (C=O) groups is 1. The maximum Gasteiger partial charge on any atom is 0.253 e. The first-order valence-electron chi connectivity index (χ1n) is 9.75. The lowest BCUT2D eigenvalue weighted by Gasteiger charge is -2.31. The molecule has 150 valence electrons. The molecule has 1 fully saturated rings. The number of hydrogen-bond acceptors (Lipinski definition) is 5. The van der Waals surface area contributed by atoms with Gasteiger partial charge in [-0.1, -0.05) is 16.8 Å². The molecular formula is C22H22ClN3O3. The zero-order valence-electron chi connectivity index (χ0n) is 16.2. The summed E-state index contributed by atoms with van der Waals surface area (Å²) in [6.07, 6.45) is 1.81. The topological polar surface area (TPSA) is 68.5 Å². The van der Waals surface area contributed by atoms with Crippen molar-refractivity contribution in [2.24, 2.45) is 0 Å². The Kier molecular flexibility index (Phi) is 5.81. The lowest BCUT2D eigenvalue weighted by molar-refractivity contribution is 0.0695. The van der Waals surface area contributed by atoms with E-state index in [1.54, 1.807) is 12.1 Å². The number of carbonyl (C=O) groups excluding carboxylic acids is 1. The number of rotatable bonds is 5. The van der Waals surface area contributed by atoms with Crippen LogP contribution < -0.4 is 4.74 Å². The van der Waals surface area contributed by atoms with Gasteiger partial charge in [0.15, 0.2) is 0 Å². The summed E-state index contributed by atoms with van der Waals surface area (Å²) >= 11 is 5.94. The summed E-state index contributed by atoms with van der Waals surface area (Å²) in [5, 5.41) is 4.76. The van der Waals surface area contributed by atoms with Crippen molar-refractivity contribution in [2.45, 2.75) is 25.7 Å². The quantitative estimate of drug-likeness (QED) is 0.602. The van der Waals surface area contributed by atoms with E-state index in [9.17, 15) is 4.79 Å². The molecule has 0 bridgehead atoms. The molecule has 4 rings (SSSR count). The van der Waals surface area contributed by atoms with Gasteiger partial charge in [0.2, 0.25) is 11.7 Å². The highest BCUT2D eigenvalue weighted by atomic mass is 35.5. The van der Waals surface area contributed by atoms with Crippen LogP contribution in [0.3, 0.4) is 0 Å². The molecule has 2 aromatic carbocycles. The monoisotopic (exact) mass is 411 g/mol. The fourth-order valence-corrected chi connectivity index (χ4v) is 3.65. The number of hydrogen-bond donors (Lipinski definition) is 0. The van der Waals surface area contributed by atoms with Crippen molar-refractivity contribution in [3.05, 3.63) is 65.0 Å². The summed E-state index contributed by atoms with van der Waals surface area (Å²) in [7, 11) is 0. The molecule has 0 N–H and O–H groups in total. The average molecular weight is 412 g/mol. The molecule has 1 saturated heterocycles. The molecular weight excluding hydrogens is 390 g/mol. The van der Waals surface area contributed by atoms with Crippen LogP contribution in [0.4, 0.5) is 0 Å². The predicted octanol–water partition coefficient (Wildman–Crippen LogP) is 4.81. The summed E-state index contributed by atoms with van der Waals surface area (Å²) in [6.45, 7) is 3.82. The van der Waals surface area contributed by atoms with E-state index in [2.05, 4.69) is 10.1 Å². The van der Waals surface area contributed by atoms with Crippen molar-refractivity contribution in [1.82, 2.24) is 15.0 Å². The third-order valence-electron chi connectivity index (χ3n) is 5.01. The molecule has 0 saturated carbocycles. The van der Waals surface area contributed by atoms with E-state index in [4.69, 9.17) is 20.9 Å². The number of ether oxygens (including phenoxy) is 1. The van der Waals surface area contributed by atoms with Crippen LogP contribution in [0.15, 0.2) is 53.1 Å². The number of halogens is 1. The summed E-state index contributed by atoms with van der Waals surface area (Å²) < 4.78 is 11.0. The van der Waals surface area contributed by atoms with Crippen LogP contribution in [0, 0.1) is 0 Å². The maximum absolute atomic E-state index is 12.9. The van der Waals surface area contributed by atoms with Gasteiger partial charge in [0.25, 0.3) is 5.91 Å². The Balaban J connectivity index is 1.45. The standard InChI is InChI=1S/C22H22ClN3O3/c1-2-28-19-11-7-16(8-12-19)22(27)26-13-3-4-17(14-26)21-24-20(25-29-21)15-5-9-18(23)10-6-15/h5-12,17H,2-4,13-14H2,1H3/t17-/m0/s1. The molecule has 0 aliphatic carbocycles. The van der Waals surface area contributed by atoms with Gasteiger partial charge < -0.3 is 14.2 Å². The Labute approximate surface area is 174 Å². The summed E-state index contributed by atoms with van der Waals surface area (Å²) in [4.78, 5) is 19.3. The van der Waals surface area contributed by atoms with Gasteiger partial charge in [0, 0.05) is 29.2 Å². The minimum absolute atomic E-state index is 0.00943. The van der Waals surface area contributed by atoms with Gasteiger partial charge in [0.1, 0.15) is 5.75 Å². The van der Waals surface area contributed by atoms with Gasteiger partial charge in [-0.3, -0.25) is 4.79 Å². The molecule has 0 unspecified atom stereocenters. The van der Waals surface area contributed by atoms with Crippen LogP contribution in [0.2, 0.25) is 5.02 Å². The number of likely N-dealkylation sites (tertiary alicyclic amines) is 1. The van der Waals surface area contributed by atoms with Crippen LogP contribution in [0.1, 0.15) is 41.9 Å². The molecule has 1 aromatic heterocycles. The highest BCUT2D eigenvalue weighted by Gasteiger charge is 2.29. The lowest BCUT2D eigenvalue weighted by atomic mass is 9.97. The molecule has 0 radical (unpaired) electrons. The highest BCUT2D eigenvalue weighted by molar-refractivity contribution is 6.30. The number of amides is 1. The molecule has 1 aliphatic heterocycles. The van der Waals surface area contributed by atoms with Crippen LogP contribution in [0.25, 0.3) is 11.4 Å². The van der Waals surface area contributed by atoms with Gasteiger partial charge in [-0.05, 0) is 68.3 Å². The zero-order chi connectivity index (χ0) is 20.2. The smallest absolute Gasteiger partial charge is 0.253 e. The Morgan fingerprint density at radius 3 is 2.69 bits per heavy atom. The van der Waals surface area contributed by atoms with E-state index in [0.717, 1.165) is 30.7 Å². The normalized spacial score (nSPS) is 16.6. The summed E-state index contributed by atoms with van der Waals surface area (Å²) in [6, 6.07) is 14.6. The van der Waals surface area contributed by atoms with E-state index in [1.807, 2.05) is 48.2 Å². The highest BCUT2D eigenvalue weighted by Crippen LogP contribution is 2.29. The second kappa shape index (κ2) is 8.66. The van der Waals surface area contributed by atoms with E-state index < -0.39 is 0 Å². The van der Waals surface area contributed by atoms with Gasteiger partial charge >= 0.3 is 0 Å². The average Bonchev–Trinajstić information content (AvgIpc) is 3.25. The van der Waals surface area contributed by atoms with Crippen molar-refractivity contribution in [3.63, 3.8) is 0 Å². The fraction of sp³-hybridized carbons (Fsp3) is 0.318. The predicted molar refractivity (Wildman–Crippen MR) is 110 cm³/mol. The van der Waals surface area contributed by atoms with Crippen LogP contribution in [0.5, 0.6) is 5.75 Å². The van der Waals surface area contributed by atoms with Gasteiger partial charge in [-0.15, -0.1) is 0 Å². The molecule has 1 atom stereocenters. The second-order valence-electron chi connectivity index (χ2n) is 7.01. The summed E-state index contributed by atoms with van der Waals surface area (Å²) in [5.74, 6) is 1.91. The number of piperidine rings is 1.